The van der Waals surface area contributed by atoms with E-state index in [1.54, 1.807) is 11.7 Å². The van der Waals surface area contributed by atoms with Crippen LogP contribution < -0.4 is 0 Å². The van der Waals surface area contributed by atoms with Crippen LogP contribution in [0.3, 0.4) is 0 Å². The van der Waals surface area contributed by atoms with Gasteiger partial charge in [0.1, 0.15) is 5.56 Å². The van der Waals surface area contributed by atoms with Crippen LogP contribution in [0.2, 0.25) is 0 Å². The molecule has 1 aromatic heterocycles. The number of halogens is 1. The third-order valence-electron chi connectivity index (χ3n) is 2.71. The molecule has 1 N–H and O–H groups in total. The molecular weight excluding hydrogens is 204 g/mol. The zero-order chi connectivity index (χ0) is 9.42. The summed E-state index contributed by atoms with van der Waals surface area (Å²) in [4.78, 5) is 10.8. The van der Waals surface area contributed by atoms with E-state index in [0.29, 0.717) is 11.5 Å². The third-order valence-corrected chi connectivity index (χ3v) is 2.71. The maximum absolute atomic E-state index is 10.8. The molecule has 1 aliphatic carbocycles. The van der Waals surface area contributed by atoms with Crippen LogP contribution in [0.25, 0.3) is 0 Å². The Balaban J connectivity index is 0.000000980. The van der Waals surface area contributed by atoms with Gasteiger partial charge in [-0.15, -0.1) is 12.4 Å². The van der Waals surface area contributed by atoms with E-state index >= 15 is 0 Å². The van der Waals surface area contributed by atoms with Crippen LogP contribution in [-0.4, -0.2) is 20.9 Å². The van der Waals surface area contributed by atoms with Crippen LogP contribution in [-0.2, 0) is 7.05 Å². The van der Waals surface area contributed by atoms with Crippen molar-refractivity contribution in [3.63, 3.8) is 0 Å². The van der Waals surface area contributed by atoms with Gasteiger partial charge in [-0.25, -0.2) is 4.79 Å². The van der Waals surface area contributed by atoms with Crippen molar-refractivity contribution in [3.8, 4) is 0 Å². The number of rotatable bonds is 2. The highest BCUT2D eigenvalue weighted by Crippen LogP contribution is 2.37. The van der Waals surface area contributed by atoms with Gasteiger partial charge in [-0.3, -0.25) is 4.68 Å². The van der Waals surface area contributed by atoms with Crippen molar-refractivity contribution >= 4 is 18.4 Å². The van der Waals surface area contributed by atoms with E-state index in [2.05, 4.69) is 5.10 Å². The predicted octanol–water partition coefficient (Wildman–Crippen LogP) is 1.81. The van der Waals surface area contributed by atoms with Gasteiger partial charge in [-0.1, -0.05) is 6.42 Å². The standard InChI is InChI=1S/C9H12N2O2.ClH/c1-11-8(6-3-2-4-6)7(5-10-11)9(12)13;/h5-6H,2-4H2,1H3,(H,12,13);1H. The SMILES string of the molecule is Cl.Cn1ncc(C(=O)O)c1C1CCC1. The van der Waals surface area contributed by atoms with Gasteiger partial charge in [0.05, 0.1) is 11.9 Å². The summed E-state index contributed by atoms with van der Waals surface area (Å²) in [5.74, 6) is -0.450. The fourth-order valence-corrected chi connectivity index (χ4v) is 1.78. The van der Waals surface area contributed by atoms with Crippen LogP contribution in [0.5, 0.6) is 0 Å². The minimum atomic E-state index is -0.866. The summed E-state index contributed by atoms with van der Waals surface area (Å²) in [6.07, 6.45) is 4.84. The van der Waals surface area contributed by atoms with Gasteiger partial charge >= 0.3 is 5.97 Å². The third kappa shape index (κ3) is 1.62. The maximum Gasteiger partial charge on any atom is 0.339 e. The second-order valence-corrected chi connectivity index (χ2v) is 3.50. The molecule has 1 aromatic rings. The summed E-state index contributed by atoms with van der Waals surface area (Å²) >= 11 is 0. The largest absolute Gasteiger partial charge is 0.478 e. The molecule has 0 saturated heterocycles. The lowest BCUT2D eigenvalue weighted by Crippen LogP contribution is -2.16. The quantitative estimate of drug-likeness (QED) is 0.820. The van der Waals surface area contributed by atoms with Crippen LogP contribution in [0.1, 0.15) is 41.2 Å². The van der Waals surface area contributed by atoms with Crippen LogP contribution in [0.4, 0.5) is 0 Å². The molecule has 0 aliphatic heterocycles. The average Bonchev–Trinajstić information content (AvgIpc) is 2.30. The normalized spacial score (nSPS) is 15.8. The Kier molecular flexibility index (Phi) is 3.16. The average molecular weight is 217 g/mol. The minimum Gasteiger partial charge on any atom is -0.478 e. The number of carbonyl (C=O) groups is 1. The summed E-state index contributed by atoms with van der Waals surface area (Å²) < 4.78 is 1.69. The molecule has 0 atom stereocenters. The molecule has 2 rings (SSSR count). The molecule has 1 saturated carbocycles. The molecule has 0 spiro atoms. The monoisotopic (exact) mass is 216 g/mol. The highest BCUT2D eigenvalue weighted by molar-refractivity contribution is 5.88. The minimum absolute atomic E-state index is 0. The molecule has 1 heterocycles. The molecule has 0 aromatic carbocycles. The molecule has 1 aliphatic rings. The lowest BCUT2D eigenvalue weighted by atomic mass is 9.81. The lowest BCUT2D eigenvalue weighted by molar-refractivity contribution is 0.0694. The van der Waals surface area contributed by atoms with Crippen molar-refractivity contribution in [2.45, 2.75) is 25.2 Å². The number of carboxylic acids is 1. The second kappa shape index (κ2) is 4.00. The molecule has 0 bridgehead atoms. The van der Waals surface area contributed by atoms with Gasteiger partial charge in [0.15, 0.2) is 0 Å². The number of nitrogens with zero attached hydrogens (tertiary/aromatic N) is 2. The Bertz CT molecular complexity index is 345. The van der Waals surface area contributed by atoms with Gasteiger partial charge in [-0.05, 0) is 12.8 Å². The fraction of sp³-hybridized carbons (Fsp3) is 0.556. The number of carboxylic acid groups (broad SMARTS) is 1. The molecule has 5 heteroatoms. The van der Waals surface area contributed by atoms with Crippen molar-refractivity contribution in [2.75, 3.05) is 0 Å². The summed E-state index contributed by atoms with van der Waals surface area (Å²) in [7, 11) is 1.81. The first-order valence-electron chi connectivity index (χ1n) is 4.45. The first-order chi connectivity index (χ1) is 6.20. The zero-order valence-corrected chi connectivity index (χ0v) is 8.75. The first-order valence-corrected chi connectivity index (χ1v) is 4.45. The smallest absolute Gasteiger partial charge is 0.339 e. The molecule has 4 nitrogen and oxygen atoms in total. The Morgan fingerprint density at radius 1 is 1.64 bits per heavy atom. The molecule has 0 amide bonds. The van der Waals surface area contributed by atoms with E-state index in [9.17, 15) is 4.79 Å². The Labute approximate surface area is 88.3 Å². The van der Waals surface area contributed by atoms with Crippen LogP contribution in [0.15, 0.2) is 6.20 Å². The Morgan fingerprint density at radius 2 is 2.29 bits per heavy atom. The van der Waals surface area contributed by atoms with Crippen molar-refractivity contribution in [3.05, 3.63) is 17.5 Å². The van der Waals surface area contributed by atoms with Crippen LogP contribution >= 0.6 is 12.4 Å². The highest BCUT2D eigenvalue weighted by atomic mass is 35.5. The van der Waals surface area contributed by atoms with E-state index < -0.39 is 5.97 Å². The van der Waals surface area contributed by atoms with Crippen molar-refractivity contribution in [1.82, 2.24) is 9.78 Å². The van der Waals surface area contributed by atoms with E-state index in [0.717, 1.165) is 18.5 Å². The lowest BCUT2D eigenvalue weighted by Gasteiger charge is -2.25. The maximum atomic E-state index is 10.8. The van der Waals surface area contributed by atoms with Crippen molar-refractivity contribution in [2.24, 2.45) is 7.05 Å². The second-order valence-electron chi connectivity index (χ2n) is 3.50. The Morgan fingerprint density at radius 3 is 2.71 bits per heavy atom. The van der Waals surface area contributed by atoms with Crippen LogP contribution in [0, 0.1) is 0 Å². The van der Waals surface area contributed by atoms with Gasteiger partial charge < -0.3 is 5.11 Å². The summed E-state index contributed by atoms with van der Waals surface area (Å²) in [6.45, 7) is 0. The summed E-state index contributed by atoms with van der Waals surface area (Å²) in [6, 6.07) is 0. The van der Waals surface area contributed by atoms with Gasteiger partial charge in [0.25, 0.3) is 0 Å². The molecule has 0 unspecified atom stereocenters. The molecular formula is C9H13ClN2O2. The summed E-state index contributed by atoms with van der Waals surface area (Å²) in [5.41, 5.74) is 1.26. The first kappa shape index (κ1) is 11.0. The van der Waals surface area contributed by atoms with E-state index in [-0.39, 0.29) is 12.4 Å². The molecule has 1 fully saturated rings. The molecule has 78 valence electrons. The van der Waals surface area contributed by atoms with E-state index in [1.807, 2.05) is 0 Å². The molecule has 14 heavy (non-hydrogen) atoms. The van der Waals surface area contributed by atoms with E-state index in [4.69, 9.17) is 5.11 Å². The summed E-state index contributed by atoms with van der Waals surface area (Å²) in [5, 5.41) is 12.9. The Hall–Kier alpha value is -1.03. The van der Waals surface area contributed by atoms with Gasteiger partial charge in [0, 0.05) is 13.0 Å². The number of hydrogen-bond donors (Lipinski definition) is 1. The predicted molar refractivity (Wildman–Crippen MR) is 54.0 cm³/mol. The number of aryl methyl sites for hydroxylation is 1. The van der Waals surface area contributed by atoms with Gasteiger partial charge in [-0.2, -0.15) is 5.10 Å². The number of aromatic carboxylic acids is 1. The molecule has 0 radical (unpaired) electrons. The highest BCUT2D eigenvalue weighted by Gasteiger charge is 2.27. The zero-order valence-electron chi connectivity index (χ0n) is 7.93. The van der Waals surface area contributed by atoms with Crippen molar-refractivity contribution < 1.29 is 9.90 Å². The van der Waals surface area contributed by atoms with Gasteiger partial charge in [0.2, 0.25) is 0 Å². The topological polar surface area (TPSA) is 55.1 Å². The number of aromatic nitrogens is 2. The number of hydrogen-bond acceptors (Lipinski definition) is 2. The van der Waals surface area contributed by atoms with E-state index in [1.165, 1.54) is 12.6 Å². The van der Waals surface area contributed by atoms with Crippen molar-refractivity contribution in [1.29, 1.82) is 0 Å². The fourth-order valence-electron chi connectivity index (χ4n) is 1.78.